The molecule has 6 nitrogen and oxygen atoms in total. The summed E-state index contributed by atoms with van der Waals surface area (Å²) in [5.41, 5.74) is 3.40. The molecule has 2 aromatic heterocycles. The molecule has 2 heterocycles. The standard InChI is InChI=1S/C22H21NO5/c1-12-4-7-20-17(8-12)18(24)10-21(28-20)22(26)27-11-19(25)16-9-13(2)23(14(16)3)15-5-6-15/h4,7-10,15H,5-6,11H2,1-3H3. The predicted octanol–water partition coefficient (Wildman–Crippen LogP) is 3.89. The number of nitrogens with zero attached hydrogens (tertiary/aromatic N) is 1. The van der Waals surface area contributed by atoms with Crippen LogP contribution in [0, 0.1) is 20.8 Å². The first kappa shape index (κ1) is 18.2. The fourth-order valence-corrected chi connectivity index (χ4v) is 3.60. The number of ether oxygens (including phenoxy) is 1. The number of Topliss-reactive ketones (excluding diaryl/α,β-unsaturated/α-hetero) is 1. The number of hydrogen-bond donors (Lipinski definition) is 0. The van der Waals surface area contributed by atoms with E-state index in [1.54, 1.807) is 18.2 Å². The van der Waals surface area contributed by atoms with Crippen molar-refractivity contribution in [3.8, 4) is 0 Å². The first-order chi connectivity index (χ1) is 13.3. The largest absolute Gasteiger partial charge is 0.451 e. The Labute approximate surface area is 161 Å². The summed E-state index contributed by atoms with van der Waals surface area (Å²) in [5.74, 6) is -1.31. The van der Waals surface area contributed by atoms with Gasteiger partial charge in [-0.3, -0.25) is 9.59 Å². The molecule has 1 saturated carbocycles. The van der Waals surface area contributed by atoms with Gasteiger partial charge >= 0.3 is 5.97 Å². The number of rotatable bonds is 5. The van der Waals surface area contributed by atoms with Crippen molar-refractivity contribution in [2.45, 2.75) is 39.7 Å². The number of carbonyl (C=O) groups excluding carboxylic acids is 2. The molecule has 1 aliphatic rings. The summed E-state index contributed by atoms with van der Waals surface area (Å²) in [6, 6.07) is 8.55. The number of carbonyl (C=O) groups is 2. The van der Waals surface area contributed by atoms with Crippen LogP contribution in [0.3, 0.4) is 0 Å². The first-order valence-corrected chi connectivity index (χ1v) is 9.28. The van der Waals surface area contributed by atoms with Crippen molar-refractivity contribution < 1.29 is 18.7 Å². The Balaban J connectivity index is 1.51. The first-order valence-electron chi connectivity index (χ1n) is 9.28. The Hall–Kier alpha value is -3.15. The second kappa shape index (κ2) is 6.78. The lowest BCUT2D eigenvalue weighted by atomic mass is 10.1. The SMILES string of the molecule is Cc1ccc2oc(C(=O)OCC(=O)c3cc(C)n(C4CC4)c3C)cc(=O)c2c1. The zero-order valence-electron chi connectivity index (χ0n) is 16.1. The summed E-state index contributed by atoms with van der Waals surface area (Å²) in [6.45, 7) is 5.35. The van der Waals surface area contributed by atoms with Gasteiger partial charge in [0, 0.05) is 29.1 Å². The van der Waals surface area contributed by atoms with Crippen LogP contribution in [0.2, 0.25) is 0 Å². The van der Waals surface area contributed by atoms with Gasteiger partial charge in [-0.1, -0.05) is 11.6 Å². The van der Waals surface area contributed by atoms with Crippen molar-refractivity contribution in [1.29, 1.82) is 0 Å². The molecule has 0 saturated heterocycles. The number of hydrogen-bond acceptors (Lipinski definition) is 5. The fraction of sp³-hybridized carbons (Fsp3) is 0.318. The fourth-order valence-electron chi connectivity index (χ4n) is 3.60. The maximum absolute atomic E-state index is 12.5. The molecule has 1 aromatic carbocycles. The molecular weight excluding hydrogens is 358 g/mol. The molecule has 0 amide bonds. The van der Waals surface area contributed by atoms with Crippen LogP contribution in [0.4, 0.5) is 0 Å². The molecule has 144 valence electrons. The molecule has 0 bridgehead atoms. The molecule has 6 heteroatoms. The van der Waals surface area contributed by atoms with Gasteiger partial charge in [0.05, 0.1) is 5.39 Å². The van der Waals surface area contributed by atoms with Gasteiger partial charge in [-0.15, -0.1) is 0 Å². The summed E-state index contributed by atoms with van der Waals surface area (Å²) < 4.78 is 12.8. The lowest BCUT2D eigenvalue weighted by molar-refractivity contribution is 0.0444. The van der Waals surface area contributed by atoms with Crippen LogP contribution < -0.4 is 5.43 Å². The summed E-state index contributed by atoms with van der Waals surface area (Å²) in [7, 11) is 0. The Bertz CT molecular complexity index is 1160. The number of ketones is 1. The van der Waals surface area contributed by atoms with E-state index in [1.807, 2.05) is 26.8 Å². The molecule has 0 unspecified atom stereocenters. The molecule has 4 rings (SSSR count). The number of esters is 1. The van der Waals surface area contributed by atoms with E-state index in [4.69, 9.17) is 9.15 Å². The lowest BCUT2D eigenvalue weighted by Crippen LogP contribution is -2.16. The highest BCUT2D eigenvalue weighted by Gasteiger charge is 2.28. The van der Waals surface area contributed by atoms with Gasteiger partial charge in [0.15, 0.2) is 12.0 Å². The third-order valence-corrected chi connectivity index (χ3v) is 5.11. The maximum atomic E-state index is 12.5. The van der Waals surface area contributed by atoms with Crippen molar-refractivity contribution in [1.82, 2.24) is 4.57 Å². The van der Waals surface area contributed by atoms with Gasteiger partial charge in [0.25, 0.3) is 0 Å². The Morgan fingerprint density at radius 1 is 1.14 bits per heavy atom. The zero-order valence-corrected chi connectivity index (χ0v) is 16.1. The van der Waals surface area contributed by atoms with Crippen LogP contribution >= 0.6 is 0 Å². The normalized spacial score (nSPS) is 13.7. The van der Waals surface area contributed by atoms with Crippen molar-refractivity contribution in [3.63, 3.8) is 0 Å². The minimum Gasteiger partial charge on any atom is -0.451 e. The lowest BCUT2D eigenvalue weighted by Gasteiger charge is -2.08. The highest BCUT2D eigenvalue weighted by atomic mass is 16.5. The molecular formula is C22H21NO5. The summed E-state index contributed by atoms with van der Waals surface area (Å²) in [6.07, 6.45) is 2.25. The number of benzene rings is 1. The maximum Gasteiger partial charge on any atom is 0.374 e. The van der Waals surface area contributed by atoms with E-state index in [-0.39, 0.29) is 17.0 Å². The van der Waals surface area contributed by atoms with Gasteiger partial charge < -0.3 is 13.7 Å². The Kier molecular flexibility index (Phi) is 4.41. The van der Waals surface area contributed by atoms with Crippen LogP contribution in [0.5, 0.6) is 0 Å². The molecule has 0 radical (unpaired) electrons. The smallest absolute Gasteiger partial charge is 0.374 e. The molecule has 0 aliphatic heterocycles. The van der Waals surface area contributed by atoms with Crippen molar-refractivity contribution in [2.24, 2.45) is 0 Å². The van der Waals surface area contributed by atoms with Gasteiger partial charge in [0.1, 0.15) is 5.58 Å². The Morgan fingerprint density at radius 2 is 1.89 bits per heavy atom. The van der Waals surface area contributed by atoms with Crippen molar-refractivity contribution in [2.75, 3.05) is 6.61 Å². The van der Waals surface area contributed by atoms with Gasteiger partial charge in [-0.05, 0) is 51.8 Å². The monoisotopic (exact) mass is 379 g/mol. The Morgan fingerprint density at radius 3 is 2.61 bits per heavy atom. The quantitative estimate of drug-likeness (QED) is 0.496. The van der Waals surface area contributed by atoms with Crippen molar-refractivity contribution in [3.05, 3.63) is 68.8 Å². The number of fused-ring (bicyclic) bond motifs is 1. The van der Waals surface area contributed by atoms with Crippen LogP contribution in [0.15, 0.2) is 39.5 Å². The van der Waals surface area contributed by atoms with E-state index in [9.17, 15) is 14.4 Å². The van der Waals surface area contributed by atoms with E-state index in [2.05, 4.69) is 4.57 Å². The number of aryl methyl sites for hydroxylation is 2. The zero-order chi connectivity index (χ0) is 20.0. The van der Waals surface area contributed by atoms with E-state index >= 15 is 0 Å². The van der Waals surface area contributed by atoms with Gasteiger partial charge in [0.2, 0.25) is 11.5 Å². The third kappa shape index (κ3) is 3.26. The highest BCUT2D eigenvalue weighted by molar-refractivity contribution is 6.00. The van der Waals surface area contributed by atoms with Gasteiger partial charge in [-0.2, -0.15) is 0 Å². The van der Waals surface area contributed by atoms with E-state index in [1.165, 1.54) is 0 Å². The average Bonchev–Trinajstić information content (AvgIpc) is 3.44. The van der Waals surface area contributed by atoms with E-state index < -0.39 is 12.6 Å². The second-order valence-corrected chi connectivity index (χ2v) is 7.36. The predicted molar refractivity (Wildman–Crippen MR) is 104 cm³/mol. The van der Waals surface area contributed by atoms with E-state index in [0.717, 1.165) is 35.9 Å². The molecule has 0 spiro atoms. The molecule has 1 aliphatic carbocycles. The average molecular weight is 379 g/mol. The van der Waals surface area contributed by atoms with Crippen LogP contribution in [0.25, 0.3) is 11.0 Å². The summed E-state index contributed by atoms with van der Waals surface area (Å²) in [4.78, 5) is 37.1. The minimum atomic E-state index is -0.830. The van der Waals surface area contributed by atoms with Crippen LogP contribution in [-0.4, -0.2) is 22.9 Å². The molecule has 0 N–H and O–H groups in total. The van der Waals surface area contributed by atoms with E-state index in [0.29, 0.717) is 22.6 Å². The molecule has 28 heavy (non-hydrogen) atoms. The minimum absolute atomic E-state index is 0.211. The summed E-state index contributed by atoms with van der Waals surface area (Å²) in [5, 5.41) is 0.403. The third-order valence-electron chi connectivity index (χ3n) is 5.11. The van der Waals surface area contributed by atoms with Crippen LogP contribution in [0.1, 0.15) is 56.7 Å². The van der Waals surface area contributed by atoms with Gasteiger partial charge in [-0.25, -0.2) is 4.79 Å². The summed E-state index contributed by atoms with van der Waals surface area (Å²) >= 11 is 0. The van der Waals surface area contributed by atoms with Crippen molar-refractivity contribution >= 4 is 22.7 Å². The molecule has 0 atom stereocenters. The second-order valence-electron chi connectivity index (χ2n) is 7.36. The topological polar surface area (TPSA) is 78.5 Å². The van der Waals surface area contributed by atoms with Crippen LogP contribution in [-0.2, 0) is 4.74 Å². The highest BCUT2D eigenvalue weighted by Crippen LogP contribution is 2.38. The number of aromatic nitrogens is 1. The molecule has 3 aromatic rings. The molecule has 1 fully saturated rings.